The number of rotatable bonds is 2. The number of hydrogen-bond acceptors (Lipinski definition) is 1. The fourth-order valence-corrected chi connectivity index (χ4v) is 4.50. The molecule has 0 spiro atoms. The molecule has 3 aromatic carbocycles. The first kappa shape index (κ1) is 20.9. The number of carbonyl (C=O) groups excluding carboxylic acids is 1. The molecule has 2 heterocycles. The second-order valence-electron chi connectivity index (χ2n) is 8.34. The van der Waals surface area contributed by atoms with Crippen LogP contribution in [0.2, 0.25) is 0 Å². The summed E-state index contributed by atoms with van der Waals surface area (Å²) in [7, 11) is 0. The average molecular weight is 443 g/mol. The maximum atomic E-state index is 14.3. The lowest BCUT2D eigenvalue weighted by atomic mass is 10.0. The lowest BCUT2D eigenvalue weighted by molar-refractivity contribution is 0.194. The van der Waals surface area contributed by atoms with Gasteiger partial charge in [-0.15, -0.1) is 0 Å². The maximum absolute atomic E-state index is 14.3. The normalized spacial score (nSPS) is 14.9. The number of para-hydroxylation sites is 1. The third-order valence-electron chi connectivity index (χ3n) is 6.27. The van der Waals surface area contributed by atoms with Crippen molar-refractivity contribution in [2.75, 3.05) is 5.32 Å². The summed E-state index contributed by atoms with van der Waals surface area (Å²) >= 11 is 0. The molecule has 0 aliphatic carbocycles. The predicted molar refractivity (Wildman–Crippen MR) is 124 cm³/mol. The van der Waals surface area contributed by atoms with Crippen molar-refractivity contribution < 1.29 is 13.6 Å². The third-order valence-corrected chi connectivity index (χ3v) is 6.27. The van der Waals surface area contributed by atoms with E-state index < -0.39 is 17.7 Å². The smallest absolute Gasteiger partial charge is 0.318 e. The van der Waals surface area contributed by atoms with Crippen LogP contribution in [0.3, 0.4) is 0 Å². The number of aryl methyl sites for hydroxylation is 1. The number of nitrogens with zero attached hydrogens (tertiary/aromatic N) is 2. The molecule has 0 saturated heterocycles. The lowest BCUT2D eigenvalue weighted by Crippen LogP contribution is -2.38. The Labute approximate surface area is 191 Å². The zero-order valence-electron chi connectivity index (χ0n) is 18.3. The van der Waals surface area contributed by atoms with E-state index in [0.29, 0.717) is 11.3 Å². The van der Waals surface area contributed by atoms with E-state index >= 15 is 0 Å². The third kappa shape index (κ3) is 3.78. The monoisotopic (exact) mass is 443 g/mol. The van der Waals surface area contributed by atoms with Crippen LogP contribution in [-0.4, -0.2) is 15.5 Å². The number of carbonyl (C=O) groups is 1. The first-order valence-corrected chi connectivity index (χ1v) is 10.8. The lowest BCUT2D eigenvalue weighted by Gasteiger charge is -2.31. The summed E-state index contributed by atoms with van der Waals surface area (Å²) in [5, 5.41) is 3.02. The van der Waals surface area contributed by atoms with Gasteiger partial charge in [-0.1, -0.05) is 30.3 Å². The highest BCUT2D eigenvalue weighted by atomic mass is 19.1. The Bertz CT molecular complexity index is 1340. The van der Waals surface area contributed by atoms with E-state index in [1.807, 2.05) is 79.2 Å². The minimum absolute atomic E-state index is 0.275. The molecule has 1 aliphatic rings. The highest BCUT2D eigenvalue weighted by molar-refractivity contribution is 5.91. The molecule has 166 valence electrons. The number of amides is 2. The van der Waals surface area contributed by atoms with Crippen LogP contribution in [0.15, 0.2) is 79.0 Å². The van der Waals surface area contributed by atoms with Crippen molar-refractivity contribution in [3.8, 4) is 5.69 Å². The van der Waals surface area contributed by atoms with Gasteiger partial charge in [-0.05, 0) is 72.5 Å². The van der Waals surface area contributed by atoms with Crippen LogP contribution in [0.1, 0.15) is 34.0 Å². The molecule has 4 nitrogen and oxygen atoms in total. The van der Waals surface area contributed by atoms with Crippen molar-refractivity contribution in [1.29, 1.82) is 0 Å². The number of hydrogen-bond donors (Lipinski definition) is 1. The molecular formula is C27H23F2N3O. The van der Waals surface area contributed by atoms with Crippen molar-refractivity contribution in [2.24, 2.45) is 0 Å². The Morgan fingerprint density at radius 2 is 1.70 bits per heavy atom. The van der Waals surface area contributed by atoms with Crippen LogP contribution in [0.5, 0.6) is 0 Å². The SMILES string of the molecule is Cc1cccc(NC(=O)N2Cc3ccccc3-n3cccc3[C@H]2c2cc(F)cc(F)c2)c1C. The molecule has 5 rings (SSSR count). The molecule has 1 aromatic heterocycles. The van der Waals surface area contributed by atoms with Gasteiger partial charge < -0.3 is 14.8 Å². The molecule has 0 bridgehead atoms. The molecule has 1 atom stereocenters. The molecule has 0 unspecified atom stereocenters. The second-order valence-corrected chi connectivity index (χ2v) is 8.34. The zero-order chi connectivity index (χ0) is 23.1. The maximum Gasteiger partial charge on any atom is 0.322 e. The Hall–Kier alpha value is -3.93. The van der Waals surface area contributed by atoms with Gasteiger partial charge in [-0.3, -0.25) is 0 Å². The summed E-state index contributed by atoms with van der Waals surface area (Å²) in [6, 6.07) is 19.7. The Morgan fingerprint density at radius 1 is 0.939 bits per heavy atom. The molecular weight excluding hydrogens is 420 g/mol. The second kappa shape index (κ2) is 8.20. The van der Waals surface area contributed by atoms with Gasteiger partial charge in [0.15, 0.2) is 0 Å². The van der Waals surface area contributed by atoms with E-state index in [2.05, 4.69) is 5.32 Å². The quantitative estimate of drug-likeness (QED) is 0.377. The van der Waals surface area contributed by atoms with Crippen molar-refractivity contribution in [3.63, 3.8) is 0 Å². The molecule has 4 aromatic rings. The number of urea groups is 1. The van der Waals surface area contributed by atoms with Gasteiger partial charge in [-0.2, -0.15) is 0 Å². The molecule has 2 amide bonds. The molecule has 1 aliphatic heterocycles. The van der Waals surface area contributed by atoms with Gasteiger partial charge in [0.2, 0.25) is 0 Å². The van der Waals surface area contributed by atoms with Gasteiger partial charge >= 0.3 is 6.03 Å². The van der Waals surface area contributed by atoms with Crippen LogP contribution in [0.4, 0.5) is 19.3 Å². The van der Waals surface area contributed by atoms with Crippen molar-refractivity contribution in [3.05, 3.63) is 119 Å². The van der Waals surface area contributed by atoms with Gasteiger partial charge in [-0.25, -0.2) is 13.6 Å². The van der Waals surface area contributed by atoms with Crippen LogP contribution in [0.25, 0.3) is 5.69 Å². The molecule has 0 radical (unpaired) electrons. The molecule has 1 N–H and O–H groups in total. The molecule has 0 fully saturated rings. The van der Waals surface area contributed by atoms with Crippen LogP contribution >= 0.6 is 0 Å². The minimum atomic E-state index is -0.692. The minimum Gasteiger partial charge on any atom is -0.318 e. The summed E-state index contributed by atoms with van der Waals surface area (Å²) in [4.78, 5) is 15.3. The van der Waals surface area contributed by atoms with E-state index in [-0.39, 0.29) is 12.6 Å². The summed E-state index contributed by atoms with van der Waals surface area (Å²) in [6.07, 6.45) is 1.91. The first-order chi connectivity index (χ1) is 15.9. The van der Waals surface area contributed by atoms with Crippen LogP contribution in [0, 0.1) is 25.5 Å². The van der Waals surface area contributed by atoms with E-state index in [4.69, 9.17) is 0 Å². The van der Waals surface area contributed by atoms with Gasteiger partial charge in [0.1, 0.15) is 11.6 Å². The summed E-state index contributed by atoms with van der Waals surface area (Å²) < 4.78 is 30.5. The number of anilines is 1. The number of benzene rings is 3. The summed E-state index contributed by atoms with van der Waals surface area (Å²) in [5.74, 6) is -1.36. The number of fused-ring (bicyclic) bond motifs is 3. The summed E-state index contributed by atoms with van der Waals surface area (Å²) in [6.45, 7) is 4.21. The predicted octanol–water partition coefficient (Wildman–Crippen LogP) is 6.51. The zero-order valence-corrected chi connectivity index (χ0v) is 18.3. The number of halogens is 2. The largest absolute Gasteiger partial charge is 0.322 e. The van der Waals surface area contributed by atoms with E-state index in [1.54, 1.807) is 4.90 Å². The van der Waals surface area contributed by atoms with E-state index in [9.17, 15) is 13.6 Å². The van der Waals surface area contributed by atoms with Crippen molar-refractivity contribution >= 4 is 11.7 Å². The first-order valence-electron chi connectivity index (χ1n) is 10.8. The highest BCUT2D eigenvalue weighted by Gasteiger charge is 2.33. The van der Waals surface area contributed by atoms with Crippen LogP contribution in [-0.2, 0) is 6.54 Å². The van der Waals surface area contributed by atoms with Gasteiger partial charge in [0, 0.05) is 23.6 Å². The molecule has 6 heteroatoms. The standard InChI is InChI=1S/C27H23F2N3O/c1-17-7-5-9-23(18(17)2)30-27(33)32-16-19-8-3-4-10-24(19)31-12-6-11-25(31)26(32)20-13-21(28)15-22(29)14-20/h3-15,26H,16H2,1-2H3,(H,30,33)/t26-/m1/s1. The van der Waals surface area contributed by atoms with Crippen molar-refractivity contribution in [2.45, 2.75) is 26.4 Å². The molecule has 0 saturated carbocycles. The highest BCUT2D eigenvalue weighted by Crippen LogP contribution is 2.37. The molecule has 33 heavy (non-hydrogen) atoms. The van der Waals surface area contributed by atoms with E-state index in [1.165, 1.54) is 12.1 Å². The Morgan fingerprint density at radius 3 is 2.48 bits per heavy atom. The average Bonchev–Trinajstić information content (AvgIpc) is 3.20. The topological polar surface area (TPSA) is 37.3 Å². The van der Waals surface area contributed by atoms with Gasteiger partial charge in [0.25, 0.3) is 0 Å². The van der Waals surface area contributed by atoms with E-state index in [0.717, 1.165) is 34.1 Å². The Kier molecular flexibility index (Phi) is 5.21. The van der Waals surface area contributed by atoms with Crippen LogP contribution < -0.4 is 5.32 Å². The fraction of sp³-hybridized carbons (Fsp3) is 0.148. The van der Waals surface area contributed by atoms with Gasteiger partial charge in [0.05, 0.1) is 18.3 Å². The number of nitrogens with one attached hydrogen (secondary N) is 1. The van der Waals surface area contributed by atoms with Crippen molar-refractivity contribution in [1.82, 2.24) is 9.47 Å². The Balaban J connectivity index is 1.66. The number of aromatic nitrogens is 1. The summed E-state index contributed by atoms with van der Waals surface area (Å²) in [5.41, 5.74) is 5.73. The fourth-order valence-electron chi connectivity index (χ4n) is 4.50.